The molecule has 0 saturated carbocycles. The molecule has 0 heterocycles. The van der Waals surface area contributed by atoms with Gasteiger partial charge in [0.1, 0.15) is 10.7 Å². The van der Waals surface area contributed by atoms with E-state index in [1.54, 1.807) is 0 Å². The summed E-state index contributed by atoms with van der Waals surface area (Å²) in [5.74, 6) is -0.941. The molecule has 0 atom stereocenters. The van der Waals surface area contributed by atoms with Gasteiger partial charge in [-0.25, -0.2) is 12.8 Å². The van der Waals surface area contributed by atoms with Gasteiger partial charge < -0.3 is 5.73 Å². The third-order valence-corrected chi connectivity index (χ3v) is 4.48. The second-order valence-corrected chi connectivity index (χ2v) is 6.39. The van der Waals surface area contributed by atoms with Crippen molar-refractivity contribution >= 4 is 15.5 Å². The van der Waals surface area contributed by atoms with Crippen LogP contribution in [0.1, 0.15) is 11.1 Å². The molecular formula is C15H11F4NO2S. The van der Waals surface area contributed by atoms with Gasteiger partial charge >= 0.3 is 6.18 Å². The molecular weight excluding hydrogens is 334 g/mol. The van der Waals surface area contributed by atoms with Crippen LogP contribution in [0, 0.1) is 5.82 Å². The van der Waals surface area contributed by atoms with E-state index in [0.717, 1.165) is 36.4 Å². The van der Waals surface area contributed by atoms with Crippen molar-refractivity contribution in [1.29, 1.82) is 0 Å². The van der Waals surface area contributed by atoms with Gasteiger partial charge in [-0.15, -0.1) is 0 Å². The van der Waals surface area contributed by atoms with Crippen LogP contribution in [0.2, 0.25) is 0 Å². The van der Waals surface area contributed by atoms with Gasteiger partial charge in [-0.2, -0.15) is 13.2 Å². The molecule has 0 spiro atoms. The zero-order chi connectivity index (χ0) is 17.3. The quantitative estimate of drug-likeness (QED) is 0.865. The average molecular weight is 345 g/mol. The molecule has 0 aliphatic heterocycles. The fourth-order valence-electron chi connectivity index (χ4n) is 1.83. The maximum atomic E-state index is 13.5. The molecule has 0 aromatic heterocycles. The van der Waals surface area contributed by atoms with E-state index >= 15 is 0 Å². The van der Waals surface area contributed by atoms with Crippen LogP contribution in [0.4, 0.5) is 17.6 Å². The lowest BCUT2D eigenvalue weighted by Gasteiger charge is -2.08. The zero-order valence-electron chi connectivity index (χ0n) is 11.5. The summed E-state index contributed by atoms with van der Waals surface area (Å²) in [6.45, 7) is 0. The standard InChI is InChI=1S/C15H11F4NO2S/c16-12-3-1-2-4-14(12)23(21,22)9-13(20)10-5-7-11(8-6-10)15(17,18)19/h1-9H,20H2/b13-9-. The molecule has 0 saturated heterocycles. The summed E-state index contributed by atoms with van der Waals surface area (Å²) >= 11 is 0. The summed E-state index contributed by atoms with van der Waals surface area (Å²) in [6, 6.07) is 8.39. The Morgan fingerprint density at radius 1 is 1.00 bits per heavy atom. The van der Waals surface area contributed by atoms with E-state index in [0.29, 0.717) is 5.41 Å². The van der Waals surface area contributed by atoms with E-state index in [-0.39, 0.29) is 11.3 Å². The van der Waals surface area contributed by atoms with E-state index < -0.39 is 32.3 Å². The first kappa shape index (κ1) is 17.0. The summed E-state index contributed by atoms with van der Waals surface area (Å²) < 4.78 is 75.1. The minimum absolute atomic E-state index is 0.0814. The maximum absolute atomic E-state index is 13.5. The van der Waals surface area contributed by atoms with Crippen LogP contribution in [0.25, 0.3) is 5.70 Å². The fourth-order valence-corrected chi connectivity index (χ4v) is 3.03. The minimum Gasteiger partial charge on any atom is -0.398 e. The highest BCUT2D eigenvalue weighted by Gasteiger charge is 2.30. The van der Waals surface area contributed by atoms with E-state index in [1.165, 1.54) is 12.1 Å². The molecule has 0 bridgehead atoms. The van der Waals surface area contributed by atoms with Gasteiger partial charge in [0, 0.05) is 0 Å². The van der Waals surface area contributed by atoms with Crippen molar-refractivity contribution in [3.05, 3.63) is 70.9 Å². The molecule has 0 aliphatic carbocycles. The highest BCUT2D eigenvalue weighted by molar-refractivity contribution is 7.94. The summed E-state index contributed by atoms with van der Waals surface area (Å²) in [5, 5.41) is 0.619. The lowest BCUT2D eigenvalue weighted by Crippen LogP contribution is -2.07. The average Bonchev–Trinajstić information content (AvgIpc) is 2.46. The highest BCUT2D eigenvalue weighted by atomic mass is 32.2. The Morgan fingerprint density at radius 3 is 2.09 bits per heavy atom. The van der Waals surface area contributed by atoms with E-state index in [9.17, 15) is 26.0 Å². The fraction of sp³-hybridized carbons (Fsp3) is 0.0667. The van der Waals surface area contributed by atoms with Crippen molar-refractivity contribution in [3.8, 4) is 0 Å². The molecule has 2 aromatic carbocycles. The normalized spacial score (nSPS) is 13.1. The number of sulfone groups is 1. The van der Waals surface area contributed by atoms with Gasteiger partial charge in [0.15, 0.2) is 0 Å². The van der Waals surface area contributed by atoms with E-state index in [2.05, 4.69) is 0 Å². The SMILES string of the molecule is N/C(=C\S(=O)(=O)c1ccccc1F)c1ccc(C(F)(F)F)cc1. The smallest absolute Gasteiger partial charge is 0.398 e. The van der Waals surface area contributed by atoms with Crippen molar-refractivity contribution < 1.29 is 26.0 Å². The Morgan fingerprint density at radius 2 is 1.57 bits per heavy atom. The first-order valence-electron chi connectivity index (χ1n) is 6.26. The van der Waals surface area contributed by atoms with Crippen molar-refractivity contribution in [1.82, 2.24) is 0 Å². The molecule has 3 nitrogen and oxygen atoms in total. The molecule has 0 aliphatic rings. The summed E-state index contributed by atoms with van der Waals surface area (Å²) in [5.41, 5.74) is 4.51. The predicted molar refractivity (Wildman–Crippen MR) is 77.2 cm³/mol. The molecule has 0 amide bonds. The Labute approximate surface area is 130 Å². The number of benzene rings is 2. The second kappa shape index (κ2) is 6.04. The molecule has 2 rings (SSSR count). The number of nitrogens with two attached hydrogens (primary N) is 1. The molecule has 2 N–H and O–H groups in total. The molecule has 0 fully saturated rings. The second-order valence-electron chi connectivity index (χ2n) is 4.62. The molecule has 8 heteroatoms. The number of rotatable bonds is 3. The first-order valence-corrected chi connectivity index (χ1v) is 7.80. The van der Waals surface area contributed by atoms with Crippen LogP contribution in [-0.4, -0.2) is 8.42 Å². The van der Waals surface area contributed by atoms with Gasteiger partial charge in [0.25, 0.3) is 0 Å². The lowest BCUT2D eigenvalue weighted by atomic mass is 10.1. The molecule has 23 heavy (non-hydrogen) atoms. The van der Waals surface area contributed by atoms with Crippen molar-refractivity contribution in [2.75, 3.05) is 0 Å². The van der Waals surface area contributed by atoms with Crippen molar-refractivity contribution in [2.24, 2.45) is 5.73 Å². The number of hydrogen-bond acceptors (Lipinski definition) is 3. The lowest BCUT2D eigenvalue weighted by molar-refractivity contribution is -0.137. The Balaban J connectivity index is 2.38. The zero-order valence-corrected chi connectivity index (χ0v) is 12.3. The number of alkyl halides is 3. The van der Waals surface area contributed by atoms with Gasteiger partial charge in [-0.3, -0.25) is 0 Å². The number of halogens is 4. The van der Waals surface area contributed by atoms with E-state index in [4.69, 9.17) is 5.73 Å². The largest absolute Gasteiger partial charge is 0.416 e. The molecule has 2 aromatic rings. The summed E-state index contributed by atoms with van der Waals surface area (Å²) in [6.07, 6.45) is -4.50. The predicted octanol–water partition coefficient (Wildman–Crippen LogP) is 3.58. The third-order valence-electron chi connectivity index (χ3n) is 2.97. The van der Waals surface area contributed by atoms with Crippen LogP contribution in [-0.2, 0) is 16.0 Å². The minimum atomic E-state index is -4.50. The highest BCUT2D eigenvalue weighted by Crippen LogP contribution is 2.30. The Kier molecular flexibility index (Phi) is 4.46. The van der Waals surface area contributed by atoms with Crippen LogP contribution >= 0.6 is 0 Å². The topological polar surface area (TPSA) is 60.2 Å². The van der Waals surface area contributed by atoms with Crippen LogP contribution < -0.4 is 5.73 Å². The van der Waals surface area contributed by atoms with Gasteiger partial charge in [0.05, 0.1) is 16.7 Å². The van der Waals surface area contributed by atoms with E-state index in [1.807, 2.05) is 0 Å². The third kappa shape index (κ3) is 3.89. The monoisotopic (exact) mass is 345 g/mol. The van der Waals surface area contributed by atoms with Crippen LogP contribution in [0.5, 0.6) is 0 Å². The first-order chi connectivity index (χ1) is 10.6. The van der Waals surface area contributed by atoms with Gasteiger partial charge in [0.2, 0.25) is 9.84 Å². The molecule has 0 radical (unpaired) electrons. The van der Waals surface area contributed by atoms with Gasteiger partial charge in [-0.1, -0.05) is 24.3 Å². The number of hydrogen-bond donors (Lipinski definition) is 1. The maximum Gasteiger partial charge on any atom is 0.416 e. The van der Waals surface area contributed by atoms with Crippen molar-refractivity contribution in [3.63, 3.8) is 0 Å². The van der Waals surface area contributed by atoms with Gasteiger partial charge in [-0.05, 0) is 29.8 Å². The Bertz CT molecular complexity index is 841. The summed E-state index contributed by atoms with van der Waals surface area (Å²) in [4.78, 5) is -0.560. The van der Waals surface area contributed by atoms with Crippen molar-refractivity contribution in [2.45, 2.75) is 11.1 Å². The van der Waals surface area contributed by atoms with Crippen LogP contribution in [0.15, 0.2) is 58.8 Å². The summed E-state index contributed by atoms with van der Waals surface area (Å²) in [7, 11) is -4.16. The van der Waals surface area contributed by atoms with Crippen LogP contribution in [0.3, 0.4) is 0 Å². The molecule has 122 valence electrons. The Hall–Kier alpha value is -2.35. The molecule has 0 unspecified atom stereocenters.